The Kier molecular flexibility index (Phi) is 15.4. The van der Waals surface area contributed by atoms with Crippen molar-refractivity contribution < 1.29 is 0 Å². The van der Waals surface area contributed by atoms with Gasteiger partial charge in [0.05, 0.1) is 20.1 Å². The van der Waals surface area contributed by atoms with Crippen LogP contribution in [0.4, 0.5) is 0 Å². The molecule has 1 saturated heterocycles. The summed E-state index contributed by atoms with van der Waals surface area (Å²) in [7, 11) is 0. The number of nitrogens with two attached hydrogens (primary N) is 1. The average Bonchev–Trinajstić information content (AvgIpc) is 2.91. The van der Waals surface area contributed by atoms with E-state index in [9.17, 15) is 0 Å². The molecule has 3 rings (SSSR count). The molecule has 1 aliphatic rings. The molecular weight excluding hydrogens is 582 g/mol. The van der Waals surface area contributed by atoms with E-state index in [2.05, 4.69) is 41.1 Å². The third-order valence-corrected chi connectivity index (χ3v) is 9.40. The SMILES string of the molecule is CC(C)CC1CN(CCCc2ccc(Cl)c(Cl)c2)C(CCCCNCCN)CN1CCCc1ccc(Cl)c(Cl)c1. The highest BCUT2D eigenvalue weighted by Crippen LogP contribution is 2.27. The lowest BCUT2D eigenvalue weighted by Gasteiger charge is -2.47. The van der Waals surface area contributed by atoms with Crippen LogP contribution in [0.1, 0.15) is 63.5 Å². The molecule has 2 atom stereocenters. The summed E-state index contributed by atoms with van der Waals surface area (Å²) in [5.41, 5.74) is 8.16. The molecule has 2 unspecified atom stereocenters. The lowest BCUT2D eigenvalue weighted by atomic mass is 9.94. The lowest BCUT2D eigenvalue weighted by molar-refractivity contribution is 0.0144. The van der Waals surface area contributed by atoms with E-state index in [1.807, 2.05) is 24.3 Å². The molecule has 2 aromatic rings. The zero-order valence-corrected chi connectivity index (χ0v) is 27.3. The number of hydrogen-bond acceptors (Lipinski definition) is 4. The quantitative estimate of drug-likeness (QED) is 0.174. The van der Waals surface area contributed by atoms with Gasteiger partial charge in [0.15, 0.2) is 0 Å². The molecule has 1 heterocycles. The van der Waals surface area contributed by atoms with Gasteiger partial charge in [-0.2, -0.15) is 0 Å². The van der Waals surface area contributed by atoms with Crippen LogP contribution in [0, 0.1) is 5.92 Å². The van der Waals surface area contributed by atoms with Gasteiger partial charge in [0.2, 0.25) is 0 Å². The number of nitrogens with zero attached hydrogens (tertiary/aromatic N) is 2. The number of halogens is 4. The van der Waals surface area contributed by atoms with Crippen LogP contribution in [0.15, 0.2) is 36.4 Å². The second-order valence-corrected chi connectivity index (χ2v) is 13.3. The van der Waals surface area contributed by atoms with Crippen molar-refractivity contribution in [3.05, 3.63) is 67.6 Å². The van der Waals surface area contributed by atoms with Gasteiger partial charge in [0, 0.05) is 38.3 Å². The molecule has 1 fully saturated rings. The van der Waals surface area contributed by atoms with Crippen LogP contribution in [0.3, 0.4) is 0 Å². The summed E-state index contributed by atoms with van der Waals surface area (Å²) in [6.07, 6.45) is 9.17. The van der Waals surface area contributed by atoms with E-state index in [0.29, 0.717) is 44.6 Å². The summed E-state index contributed by atoms with van der Waals surface area (Å²) in [6, 6.07) is 13.2. The van der Waals surface area contributed by atoms with Crippen LogP contribution >= 0.6 is 46.4 Å². The molecule has 1 aliphatic heterocycles. The number of nitrogens with one attached hydrogen (secondary N) is 1. The summed E-state index contributed by atoms with van der Waals surface area (Å²) < 4.78 is 0. The Hall–Kier alpha value is -0.560. The maximum Gasteiger partial charge on any atom is 0.0595 e. The maximum absolute atomic E-state index is 6.27. The Morgan fingerprint density at radius 2 is 1.30 bits per heavy atom. The van der Waals surface area contributed by atoms with E-state index in [0.717, 1.165) is 65.0 Å². The highest BCUT2D eigenvalue weighted by molar-refractivity contribution is 6.42. The molecule has 0 aromatic heterocycles. The molecule has 3 N–H and O–H groups in total. The molecule has 0 spiro atoms. The van der Waals surface area contributed by atoms with Gasteiger partial charge in [-0.05, 0) is 106 Å². The molecule has 0 aliphatic carbocycles. The van der Waals surface area contributed by atoms with Gasteiger partial charge in [0.1, 0.15) is 0 Å². The predicted molar refractivity (Wildman–Crippen MR) is 176 cm³/mol. The normalized spacial score (nSPS) is 18.6. The third kappa shape index (κ3) is 11.6. The van der Waals surface area contributed by atoms with Crippen molar-refractivity contribution in [2.45, 2.75) is 77.3 Å². The van der Waals surface area contributed by atoms with Gasteiger partial charge in [-0.15, -0.1) is 0 Å². The van der Waals surface area contributed by atoms with Crippen molar-refractivity contribution in [2.24, 2.45) is 11.7 Å². The van der Waals surface area contributed by atoms with Gasteiger partial charge in [0.25, 0.3) is 0 Å². The standard InChI is InChI=1S/C32H48Cl4N4/c1-24(2)19-28-23-39(17-5-7-25-10-12-29(33)31(35)20-25)27(9-3-4-15-38-16-14-37)22-40(28)18-6-8-26-11-13-30(34)32(36)21-26/h10-13,20-21,24,27-28,38H,3-9,14-19,22-23,37H2,1-2H3. The van der Waals surface area contributed by atoms with E-state index < -0.39 is 0 Å². The monoisotopic (exact) mass is 628 g/mol. The number of benzene rings is 2. The minimum absolute atomic E-state index is 0.580. The number of unbranched alkanes of at least 4 members (excludes halogenated alkanes) is 1. The molecule has 0 radical (unpaired) electrons. The second-order valence-electron chi connectivity index (χ2n) is 11.7. The van der Waals surface area contributed by atoms with Gasteiger partial charge >= 0.3 is 0 Å². The predicted octanol–water partition coefficient (Wildman–Crippen LogP) is 7.99. The maximum atomic E-state index is 6.27. The molecule has 40 heavy (non-hydrogen) atoms. The Balaban J connectivity index is 1.62. The number of rotatable bonds is 17. The molecule has 2 aromatic carbocycles. The van der Waals surface area contributed by atoms with Crippen molar-refractivity contribution in [1.29, 1.82) is 0 Å². The second kappa shape index (κ2) is 18.2. The van der Waals surface area contributed by atoms with E-state index in [4.69, 9.17) is 52.1 Å². The van der Waals surface area contributed by atoms with Gasteiger partial charge in [-0.1, -0.05) is 78.8 Å². The van der Waals surface area contributed by atoms with Crippen LogP contribution in [0.5, 0.6) is 0 Å². The van der Waals surface area contributed by atoms with Gasteiger partial charge in [-0.3, -0.25) is 9.80 Å². The minimum Gasteiger partial charge on any atom is -0.329 e. The molecule has 0 amide bonds. The van der Waals surface area contributed by atoms with Crippen molar-refractivity contribution in [3.63, 3.8) is 0 Å². The zero-order valence-electron chi connectivity index (χ0n) is 24.3. The van der Waals surface area contributed by atoms with Crippen LogP contribution in [0.2, 0.25) is 20.1 Å². The highest BCUT2D eigenvalue weighted by atomic mass is 35.5. The first-order valence-corrected chi connectivity index (χ1v) is 16.5. The molecule has 0 bridgehead atoms. The number of hydrogen-bond donors (Lipinski definition) is 2. The Morgan fingerprint density at radius 1 is 0.750 bits per heavy atom. The fourth-order valence-corrected chi connectivity index (χ4v) is 6.52. The van der Waals surface area contributed by atoms with Gasteiger partial charge < -0.3 is 11.1 Å². The van der Waals surface area contributed by atoms with Gasteiger partial charge in [-0.25, -0.2) is 0 Å². The summed E-state index contributed by atoms with van der Waals surface area (Å²) in [4.78, 5) is 5.57. The first-order chi connectivity index (χ1) is 19.3. The van der Waals surface area contributed by atoms with E-state index in [1.165, 1.54) is 36.8 Å². The van der Waals surface area contributed by atoms with Crippen LogP contribution in [0.25, 0.3) is 0 Å². The van der Waals surface area contributed by atoms with Crippen molar-refractivity contribution >= 4 is 46.4 Å². The molecule has 0 saturated carbocycles. The first kappa shape index (κ1) is 33.9. The topological polar surface area (TPSA) is 44.5 Å². The molecule has 4 nitrogen and oxygen atoms in total. The van der Waals surface area contributed by atoms with E-state index in [-0.39, 0.29) is 0 Å². The van der Waals surface area contributed by atoms with Crippen LogP contribution in [-0.2, 0) is 12.8 Å². The zero-order chi connectivity index (χ0) is 28.9. The lowest BCUT2D eigenvalue weighted by Crippen LogP contribution is -2.58. The molecule has 8 heteroatoms. The highest BCUT2D eigenvalue weighted by Gasteiger charge is 2.33. The smallest absolute Gasteiger partial charge is 0.0595 e. The summed E-state index contributed by atoms with van der Waals surface area (Å²) in [5.74, 6) is 0.672. The summed E-state index contributed by atoms with van der Waals surface area (Å²) >= 11 is 24.8. The van der Waals surface area contributed by atoms with Crippen LogP contribution < -0.4 is 11.1 Å². The van der Waals surface area contributed by atoms with Crippen molar-refractivity contribution in [3.8, 4) is 0 Å². The molecular formula is C32H48Cl4N4. The fraction of sp³-hybridized carbons (Fsp3) is 0.625. The fourth-order valence-electron chi connectivity index (χ4n) is 5.88. The average molecular weight is 631 g/mol. The minimum atomic E-state index is 0.580. The number of aryl methyl sites for hydroxylation is 2. The third-order valence-electron chi connectivity index (χ3n) is 7.92. The summed E-state index contributed by atoms with van der Waals surface area (Å²) in [5, 5.41) is 5.98. The Morgan fingerprint density at radius 3 is 1.82 bits per heavy atom. The van der Waals surface area contributed by atoms with E-state index in [1.54, 1.807) is 0 Å². The summed E-state index contributed by atoms with van der Waals surface area (Å²) in [6.45, 7) is 11.9. The molecule has 224 valence electrons. The van der Waals surface area contributed by atoms with Crippen LogP contribution in [-0.4, -0.2) is 67.7 Å². The Labute approximate surface area is 262 Å². The van der Waals surface area contributed by atoms with Crippen molar-refractivity contribution in [2.75, 3.05) is 45.8 Å². The first-order valence-electron chi connectivity index (χ1n) is 15.0. The largest absolute Gasteiger partial charge is 0.329 e. The van der Waals surface area contributed by atoms with E-state index >= 15 is 0 Å². The number of piperazine rings is 1. The Bertz CT molecular complexity index is 1020. The van der Waals surface area contributed by atoms with Crippen molar-refractivity contribution in [1.82, 2.24) is 15.1 Å².